The maximum Gasteiger partial charge on any atom is 0.339 e. The Morgan fingerprint density at radius 2 is 1.88 bits per heavy atom. The first-order valence-corrected chi connectivity index (χ1v) is 14.6. The van der Waals surface area contributed by atoms with Crippen LogP contribution in [0.4, 0.5) is 10.2 Å². The van der Waals surface area contributed by atoms with Crippen LogP contribution in [0.3, 0.4) is 0 Å². The maximum absolute atomic E-state index is 13.7. The Kier molecular flexibility index (Phi) is 6.93. The van der Waals surface area contributed by atoms with E-state index in [1.807, 2.05) is 18.3 Å². The van der Waals surface area contributed by atoms with E-state index < -0.39 is 11.8 Å². The molecule has 1 saturated carbocycles. The molecule has 1 aliphatic carbocycles. The first-order valence-electron chi connectivity index (χ1n) is 14.6. The Labute approximate surface area is 248 Å². The molecule has 1 unspecified atom stereocenters. The molecule has 0 amide bonds. The van der Waals surface area contributed by atoms with Gasteiger partial charge in [0, 0.05) is 55.8 Å². The van der Waals surface area contributed by atoms with Crippen LogP contribution in [0.2, 0.25) is 0 Å². The molecule has 1 spiro atoms. The third-order valence-corrected chi connectivity index (χ3v) is 8.88. The van der Waals surface area contributed by atoms with E-state index in [9.17, 15) is 14.3 Å². The normalized spacial score (nSPS) is 19.3. The molecular formula is C33H32FN5O4. The fourth-order valence-electron chi connectivity index (χ4n) is 6.74. The second kappa shape index (κ2) is 10.9. The molecule has 1 N–H and O–H groups in total. The lowest BCUT2D eigenvalue weighted by Crippen LogP contribution is -2.65. The van der Waals surface area contributed by atoms with Crippen molar-refractivity contribution in [3.63, 3.8) is 0 Å². The van der Waals surface area contributed by atoms with Gasteiger partial charge < -0.3 is 19.5 Å². The highest BCUT2D eigenvalue weighted by Gasteiger charge is 2.54. The van der Waals surface area contributed by atoms with Gasteiger partial charge in [0.15, 0.2) is 11.6 Å². The number of aromatic nitrogens is 3. The lowest BCUT2D eigenvalue weighted by atomic mass is 9.61. The molecule has 10 heteroatoms. The summed E-state index contributed by atoms with van der Waals surface area (Å²) in [4.78, 5) is 29.4. The van der Waals surface area contributed by atoms with Crippen LogP contribution in [0, 0.1) is 11.2 Å². The molecule has 1 saturated heterocycles. The molecule has 2 fully saturated rings. The van der Waals surface area contributed by atoms with Crippen LogP contribution in [0.1, 0.15) is 53.0 Å². The standard InChI is InChI=1S/C33H32FN5O4/c1-21-30-26(10-12-38(21)17-22-5-3-2-4-6-22)36-11-9-28(30)42-24-14-33(15-24)18-39(19-33)31-29(16-35-20-37-31)43-27-8-7-23(34)13-25(27)32(40)41/h2-9,11,13,16,20-21,24H,10,12,14-15,17-19H2,1H3,(H,40,41). The molecule has 43 heavy (non-hydrogen) atoms. The van der Waals surface area contributed by atoms with E-state index in [-0.39, 0.29) is 28.9 Å². The highest BCUT2D eigenvalue weighted by atomic mass is 19.1. The average Bonchev–Trinajstić information content (AvgIpc) is 2.97. The summed E-state index contributed by atoms with van der Waals surface area (Å²) in [5.41, 5.74) is 3.50. The smallest absolute Gasteiger partial charge is 0.339 e. The van der Waals surface area contributed by atoms with E-state index in [2.05, 4.69) is 51.0 Å². The largest absolute Gasteiger partial charge is 0.490 e. The van der Waals surface area contributed by atoms with E-state index >= 15 is 0 Å². The zero-order valence-electron chi connectivity index (χ0n) is 23.8. The number of carboxylic acid groups (broad SMARTS) is 1. The molecule has 0 bridgehead atoms. The van der Waals surface area contributed by atoms with Crippen LogP contribution in [0.5, 0.6) is 17.2 Å². The summed E-state index contributed by atoms with van der Waals surface area (Å²) in [6.45, 7) is 5.67. The van der Waals surface area contributed by atoms with Crippen molar-refractivity contribution in [2.45, 2.75) is 44.9 Å². The second-order valence-corrected chi connectivity index (χ2v) is 11.8. The van der Waals surface area contributed by atoms with E-state index in [1.165, 1.54) is 35.8 Å². The molecule has 2 aliphatic heterocycles. The lowest BCUT2D eigenvalue weighted by Gasteiger charge is -2.59. The minimum atomic E-state index is -1.27. The fraction of sp³-hybridized carbons (Fsp3) is 0.333. The Balaban J connectivity index is 0.997. The molecule has 4 heterocycles. The Morgan fingerprint density at radius 3 is 2.67 bits per heavy atom. The van der Waals surface area contributed by atoms with Crippen molar-refractivity contribution in [2.24, 2.45) is 5.41 Å². The van der Waals surface area contributed by atoms with Gasteiger partial charge in [-0.2, -0.15) is 0 Å². The summed E-state index contributed by atoms with van der Waals surface area (Å²) in [5, 5.41) is 9.49. The van der Waals surface area contributed by atoms with Crippen molar-refractivity contribution >= 4 is 11.8 Å². The van der Waals surface area contributed by atoms with Gasteiger partial charge in [0.25, 0.3) is 0 Å². The first-order chi connectivity index (χ1) is 20.9. The number of pyridine rings is 1. The number of rotatable bonds is 8. The molecule has 0 radical (unpaired) electrons. The third kappa shape index (κ3) is 5.27. The molecule has 9 nitrogen and oxygen atoms in total. The zero-order valence-corrected chi connectivity index (χ0v) is 23.8. The van der Waals surface area contributed by atoms with Crippen LogP contribution in [-0.4, -0.2) is 56.7 Å². The van der Waals surface area contributed by atoms with Gasteiger partial charge in [-0.3, -0.25) is 9.88 Å². The van der Waals surface area contributed by atoms with Gasteiger partial charge in [0.1, 0.15) is 35.3 Å². The van der Waals surface area contributed by atoms with Crippen molar-refractivity contribution in [1.29, 1.82) is 0 Å². The summed E-state index contributed by atoms with van der Waals surface area (Å²) >= 11 is 0. The number of hydrogen-bond acceptors (Lipinski definition) is 8. The van der Waals surface area contributed by atoms with Crippen LogP contribution >= 0.6 is 0 Å². The highest BCUT2D eigenvalue weighted by Crippen LogP contribution is 2.52. The summed E-state index contributed by atoms with van der Waals surface area (Å²) in [6, 6.07) is 16.2. The molecular weight excluding hydrogens is 549 g/mol. The Hall–Kier alpha value is -4.57. The topological polar surface area (TPSA) is 101 Å². The van der Waals surface area contributed by atoms with Crippen molar-refractivity contribution in [1.82, 2.24) is 19.9 Å². The monoisotopic (exact) mass is 581 g/mol. The van der Waals surface area contributed by atoms with E-state index in [0.717, 1.165) is 63.0 Å². The van der Waals surface area contributed by atoms with Crippen molar-refractivity contribution in [3.8, 4) is 17.2 Å². The molecule has 2 aromatic heterocycles. The van der Waals surface area contributed by atoms with Gasteiger partial charge in [-0.25, -0.2) is 19.2 Å². The minimum absolute atomic E-state index is 0.0366. The number of carbonyl (C=O) groups is 1. The quantitative estimate of drug-likeness (QED) is 0.282. The van der Waals surface area contributed by atoms with Crippen molar-refractivity contribution in [2.75, 3.05) is 24.5 Å². The maximum atomic E-state index is 13.7. The number of aromatic carboxylic acids is 1. The van der Waals surface area contributed by atoms with Crippen LogP contribution < -0.4 is 14.4 Å². The fourth-order valence-corrected chi connectivity index (χ4v) is 6.74. The van der Waals surface area contributed by atoms with E-state index in [0.29, 0.717) is 11.6 Å². The highest BCUT2D eigenvalue weighted by molar-refractivity contribution is 5.91. The molecule has 220 valence electrons. The van der Waals surface area contributed by atoms with E-state index in [1.54, 1.807) is 0 Å². The molecule has 2 aromatic carbocycles. The summed E-state index contributed by atoms with van der Waals surface area (Å²) in [5.74, 6) is -0.0323. The number of fused-ring (bicyclic) bond motifs is 1. The number of ether oxygens (including phenoxy) is 2. The minimum Gasteiger partial charge on any atom is -0.490 e. The summed E-state index contributed by atoms with van der Waals surface area (Å²) in [7, 11) is 0. The Morgan fingerprint density at radius 1 is 1.07 bits per heavy atom. The van der Waals surface area contributed by atoms with Gasteiger partial charge in [0.05, 0.1) is 11.9 Å². The summed E-state index contributed by atoms with van der Waals surface area (Å²) < 4.78 is 26.2. The number of anilines is 1. The molecule has 3 aliphatic rings. The van der Waals surface area contributed by atoms with E-state index in [4.69, 9.17) is 14.5 Å². The number of nitrogens with zero attached hydrogens (tertiary/aromatic N) is 5. The zero-order chi connectivity index (χ0) is 29.6. The van der Waals surface area contributed by atoms with Gasteiger partial charge in [-0.15, -0.1) is 0 Å². The molecule has 7 rings (SSSR count). The van der Waals surface area contributed by atoms with Gasteiger partial charge in [0.2, 0.25) is 0 Å². The van der Waals surface area contributed by atoms with Gasteiger partial charge >= 0.3 is 5.97 Å². The Bertz CT molecular complexity index is 1650. The SMILES string of the molecule is CC1c2c(OC3CC4(C3)CN(c3ncncc3Oc3ccc(F)cc3C(=O)O)C4)ccnc2CCN1Cc1ccccc1. The van der Waals surface area contributed by atoms with Crippen LogP contribution in [-0.2, 0) is 13.0 Å². The van der Waals surface area contributed by atoms with Crippen LogP contribution in [0.25, 0.3) is 0 Å². The lowest BCUT2D eigenvalue weighted by molar-refractivity contribution is -0.0356. The van der Waals surface area contributed by atoms with Crippen molar-refractivity contribution < 1.29 is 23.8 Å². The number of hydrogen-bond donors (Lipinski definition) is 1. The third-order valence-electron chi connectivity index (χ3n) is 8.88. The van der Waals surface area contributed by atoms with Gasteiger partial charge in [-0.05, 0) is 49.6 Å². The summed E-state index contributed by atoms with van der Waals surface area (Å²) in [6.07, 6.45) is 7.71. The number of carboxylic acids is 1. The number of benzene rings is 2. The predicted molar refractivity (Wildman–Crippen MR) is 157 cm³/mol. The predicted octanol–water partition coefficient (Wildman–Crippen LogP) is 5.67. The first kappa shape index (κ1) is 27.3. The second-order valence-electron chi connectivity index (χ2n) is 11.8. The van der Waals surface area contributed by atoms with Crippen molar-refractivity contribution in [3.05, 3.63) is 102 Å². The van der Waals surface area contributed by atoms with Crippen LogP contribution in [0.15, 0.2) is 73.3 Å². The molecule has 4 aromatic rings. The average molecular weight is 582 g/mol. The number of halogens is 1. The van der Waals surface area contributed by atoms with Gasteiger partial charge in [-0.1, -0.05) is 30.3 Å². The molecule has 1 atom stereocenters.